The number of benzene rings is 2. The van der Waals surface area contributed by atoms with Gasteiger partial charge in [0.05, 0.1) is 13.2 Å². The van der Waals surface area contributed by atoms with Gasteiger partial charge in [-0.1, -0.05) is 17.7 Å². The van der Waals surface area contributed by atoms with Gasteiger partial charge in [-0.25, -0.2) is 4.37 Å². The lowest BCUT2D eigenvalue weighted by atomic mass is 10.00. The highest BCUT2D eigenvalue weighted by Gasteiger charge is 2.33. The molecule has 1 aliphatic rings. The number of halogens is 1. The summed E-state index contributed by atoms with van der Waals surface area (Å²) in [4.78, 5) is 16.2. The lowest BCUT2D eigenvalue weighted by Crippen LogP contribution is -2.42. The van der Waals surface area contributed by atoms with Crippen LogP contribution in [0, 0.1) is 0 Å². The minimum absolute atomic E-state index is 0.0531. The number of methoxy groups -OCH3 is 1. The number of nitrogens with zero attached hydrogens (tertiary/aromatic N) is 2. The maximum atomic E-state index is 13.2. The molecule has 4 rings (SSSR count). The highest BCUT2D eigenvalue weighted by atomic mass is 35.5. The molecule has 0 aliphatic carbocycles. The van der Waals surface area contributed by atoms with E-state index in [0.717, 1.165) is 23.5 Å². The predicted molar refractivity (Wildman–Crippen MR) is 110 cm³/mol. The van der Waals surface area contributed by atoms with Crippen molar-refractivity contribution in [2.75, 3.05) is 20.3 Å². The van der Waals surface area contributed by atoms with E-state index in [0.29, 0.717) is 23.7 Å². The molecule has 0 fully saturated rings. The number of amides is 1. The first-order valence-electron chi connectivity index (χ1n) is 8.92. The fourth-order valence-corrected chi connectivity index (χ4v) is 4.30. The van der Waals surface area contributed by atoms with Crippen molar-refractivity contribution in [3.05, 3.63) is 75.8 Å². The smallest absolute Gasteiger partial charge is 0.254 e. The molecule has 3 aromatic rings. The Labute approximate surface area is 172 Å². The summed E-state index contributed by atoms with van der Waals surface area (Å²) in [6, 6.07) is 14.3. The standard InChI is InChI=1S/C21H19ClN2O3S/c1-26-16-5-7-17(8-6-16)27-13-19-18-12-23-28-20(18)9-10-24(19)21(25)14-3-2-4-15(22)11-14/h2-8,11-12,19H,9-10,13H2,1H3. The maximum Gasteiger partial charge on any atom is 0.254 e. The first kappa shape index (κ1) is 18.8. The molecular formula is C21H19ClN2O3S. The van der Waals surface area contributed by atoms with Crippen LogP contribution >= 0.6 is 23.1 Å². The van der Waals surface area contributed by atoms with Gasteiger partial charge < -0.3 is 14.4 Å². The molecule has 0 spiro atoms. The van der Waals surface area contributed by atoms with Crippen LogP contribution in [0.1, 0.15) is 26.8 Å². The Morgan fingerprint density at radius 1 is 1.25 bits per heavy atom. The second-order valence-electron chi connectivity index (χ2n) is 6.47. The van der Waals surface area contributed by atoms with Gasteiger partial charge in [0.1, 0.15) is 18.1 Å². The van der Waals surface area contributed by atoms with Gasteiger partial charge in [-0.05, 0) is 54.0 Å². The summed E-state index contributed by atoms with van der Waals surface area (Å²) in [7, 11) is 1.63. The van der Waals surface area contributed by atoms with Crippen LogP contribution in [0.4, 0.5) is 0 Å². The van der Waals surface area contributed by atoms with Crippen LogP contribution in [0.2, 0.25) is 5.02 Å². The second kappa shape index (κ2) is 8.20. The third kappa shape index (κ3) is 3.84. The first-order valence-corrected chi connectivity index (χ1v) is 10.1. The van der Waals surface area contributed by atoms with Crippen LogP contribution in [0.5, 0.6) is 11.5 Å². The third-order valence-electron chi connectivity index (χ3n) is 4.79. The van der Waals surface area contributed by atoms with Crippen molar-refractivity contribution >= 4 is 29.0 Å². The van der Waals surface area contributed by atoms with Crippen LogP contribution < -0.4 is 9.47 Å². The highest BCUT2D eigenvalue weighted by molar-refractivity contribution is 7.05. The van der Waals surface area contributed by atoms with E-state index in [4.69, 9.17) is 21.1 Å². The summed E-state index contributed by atoms with van der Waals surface area (Å²) in [6.45, 7) is 0.973. The summed E-state index contributed by atoms with van der Waals surface area (Å²) in [5.41, 5.74) is 1.63. The zero-order chi connectivity index (χ0) is 19.5. The van der Waals surface area contributed by atoms with Gasteiger partial charge in [0.15, 0.2) is 0 Å². The zero-order valence-corrected chi connectivity index (χ0v) is 16.9. The van der Waals surface area contributed by atoms with E-state index in [1.807, 2.05) is 35.4 Å². The van der Waals surface area contributed by atoms with Crippen molar-refractivity contribution < 1.29 is 14.3 Å². The van der Waals surface area contributed by atoms with E-state index in [1.165, 1.54) is 16.4 Å². The van der Waals surface area contributed by atoms with Gasteiger partial charge in [0.25, 0.3) is 5.91 Å². The van der Waals surface area contributed by atoms with E-state index in [2.05, 4.69) is 4.37 Å². The lowest BCUT2D eigenvalue weighted by molar-refractivity contribution is 0.0592. The van der Waals surface area contributed by atoms with Gasteiger partial charge >= 0.3 is 0 Å². The average molecular weight is 415 g/mol. The fraction of sp³-hybridized carbons (Fsp3) is 0.238. The minimum Gasteiger partial charge on any atom is -0.497 e. The van der Waals surface area contributed by atoms with Crippen LogP contribution in [0.25, 0.3) is 0 Å². The summed E-state index contributed by atoms with van der Waals surface area (Å²) in [5, 5.41) is 0.548. The number of ether oxygens (including phenoxy) is 2. The molecule has 1 amide bonds. The molecule has 0 N–H and O–H groups in total. The van der Waals surface area contributed by atoms with Crippen molar-refractivity contribution in [2.45, 2.75) is 12.5 Å². The predicted octanol–water partition coefficient (Wildman–Crippen LogP) is 4.62. The molecule has 1 aliphatic heterocycles. The molecule has 144 valence electrons. The number of aromatic nitrogens is 1. The van der Waals surface area contributed by atoms with Gasteiger partial charge in [0.2, 0.25) is 0 Å². The lowest BCUT2D eigenvalue weighted by Gasteiger charge is -2.35. The summed E-state index contributed by atoms with van der Waals surface area (Å²) in [6.07, 6.45) is 2.64. The van der Waals surface area contributed by atoms with Crippen molar-refractivity contribution in [1.29, 1.82) is 0 Å². The van der Waals surface area contributed by atoms with Crippen LogP contribution in [-0.4, -0.2) is 35.4 Å². The largest absolute Gasteiger partial charge is 0.497 e. The Morgan fingerprint density at radius 2 is 2.04 bits per heavy atom. The van der Waals surface area contributed by atoms with Crippen molar-refractivity contribution in [3.63, 3.8) is 0 Å². The molecule has 7 heteroatoms. The van der Waals surface area contributed by atoms with Crippen LogP contribution in [0.3, 0.4) is 0 Å². The quantitative estimate of drug-likeness (QED) is 0.611. The van der Waals surface area contributed by atoms with Gasteiger partial charge in [-0.15, -0.1) is 0 Å². The average Bonchev–Trinajstić information content (AvgIpc) is 3.21. The number of carbonyl (C=O) groups excluding carboxylic acids is 1. The molecule has 0 saturated carbocycles. The molecule has 0 saturated heterocycles. The molecule has 2 aromatic carbocycles. The maximum absolute atomic E-state index is 13.2. The molecule has 1 atom stereocenters. The number of carbonyl (C=O) groups is 1. The summed E-state index contributed by atoms with van der Waals surface area (Å²) >= 11 is 7.57. The van der Waals surface area contributed by atoms with Gasteiger partial charge in [-0.3, -0.25) is 4.79 Å². The SMILES string of the molecule is COc1ccc(OCC2c3cnsc3CCN2C(=O)c2cccc(Cl)c2)cc1. The Hall–Kier alpha value is -2.57. The fourth-order valence-electron chi connectivity index (χ4n) is 3.34. The third-order valence-corrected chi connectivity index (χ3v) is 5.90. The first-order chi connectivity index (χ1) is 13.7. The van der Waals surface area contributed by atoms with E-state index >= 15 is 0 Å². The zero-order valence-electron chi connectivity index (χ0n) is 15.3. The Kier molecular flexibility index (Phi) is 5.50. The molecule has 1 aromatic heterocycles. The minimum atomic E-state index is -0.198. The second-order valence-corrected chi connectivity index (χ2v) is 7.79. The Balaban J connectivity index is 1.57. The van der Waals surface area contributed by atoms with E-state index in [-0.39, 0.29) is 11.9 Å². The van der Waals surface area contributed by atoms with Gasteiger partial charge in [0, 0.05) is 40.2 Å². The van der Waals surface area contributed by atoms with E-state index in [1.54, 1.807) is 31.4 Å². The molecular weight excluding hydrogens is 396 g/mol. The normalized spacial score (nSPS) is 15.8. The molecule has 1 unspecified atom stereocenters. The number of fused-ring (bicyclic) bond motifs is 1. The number of hydrogen-bond donors (Lipinski definition) is 0. The van der Waals surface area contributed by atoms with E-state index in [9.17, 15) is 4.79 Å². The molecule has 0 radical (unpaired) electrons. The molecule has 0 bridgehead atoms. The Morgan fingerprint density at radius 3 is 2.79 bits per heavy atom. The monoisotopic (exact) mass is 414 g/mol. The molecule has 2 heterocycles. The van der Waals surface area contributed by atoms with Crippen molar-refractivity contribution in [1.82, 2.24) is 9.27 Å². The highest BCUT2D eigenvalue weighted by Crippen LogP contribution is 2.34. The van der Waals surface area contributed by atoms with Crippen LogP contribution in [-0.2, 0) is 6.42 Å². The summed E-state index contributed by atoms with van der Waals surface area (Å²) in [5.74, 6) is 1.45. The van der Waals surface area contributed by atoms with E-state index < -0.39 is 0 Å². The van der Waals surface area contributed by atoms with Gasteiger partial charge in [-0.2, -0.15) is 0 Å². The van der Waals surface area contributed by atoms with Crippen molar-refractivity contribution in [2.24, 2.45) is 0 Å². The van der Waals surface area contributed by atoms with Crippen molar-refractivity contribution in [3.8, 4) is 11.5 Å². The number of rotatable bonds is 5. The molecule has 5 nitrogen and oxygen atoms in total. The molecule has 28 heavy (non-hydrogen) atoms. The number of hydrogen-bond acceptors (Lipinski definition) is 5. The topological polar surface area (TPSA) is 51.7 Å². The Bertz CT molecular complexity index is 974. The van der Waals surface area contributed by atoms with Crippen LogP contribution in [0.15, 0.2) is 54.7 Å². The summed E-state index contributed by atoms with van der Waals surface area (Å²) < 4.78 is 15.5.